The van der Waals surface area contributed by atoms with Crippen LogP contribution >= 0.6 is 0 Å². The number of piperidine rings is 2. The lowest BCUT2D eigenvalue weighted by atomic mass is 9.78. The van der Waals surface area contributed by atoms with E-state index >= 15 is 0 Å². The van der Waals surface area contributed by atoms with E-state index in [1.54, 1.807) is 6.92 Å². The summed E-state index contributed by atoms with van der Waals surface area (Å²) in [6.07, 6.45) is 7.15. The van der Waals surface area contributed by atoms with Gasteiger partial charge in [-0.05, 0) is 50.4 Å². The van der Waals surface area contributed by atoms with E-state index in [0.717, 1.165) is 83.6 Å². The Morgan fingerprint density at radius 2 is 1.78 bits per heavy atom. The van der Waals surface area contributed by atoms with Gasteiger partial charge in [0.25, 0.3) is 0 Å². The van der Waals surface area contributed by atoms with Crippen LogP contribution in [0.2, 0.25) is 0 Å². The van der Waals surface area contributed by atoms with Crippen molar-refractivity contribution >= 4 is 11.8 Å². The molecular formula is C24H38N4O4. The third-order valence-electron chi connectivity index (χ3n) is 7.59. The van der Waals surface area contributed by atoms with Gasteiger partial charge in [-0.15, -0.1) is 0 Å². The Morgan fingerprint density at radius 1 is 1.06 bits per heavy atom. The van der Waals surface area contributed by atoms with E-state index in [9.17, 15) is 9.59 Å². The predicted molar refractivity (Wildman–Crippen MR) is 119 cm³/mol. The maximum Gasteiger partial charge on any atom is 0.229 e. The summed E-state index contributed by atoms with van der Waals surface area (Å²) < 4.78 is 11.7. The van der Waals surface area contributed by atoms with Crippen molar-refractivity contribution in [2.45, 2.75) is 83.7 Å². The first kappa shape index (κ1) is 23.2. The van der Waals surface area contributed by atoms with Crippen molar-refractivity contribution in [1.82, 2.24) is 19.9 Å². The van der Waals surface area contributed by atoms with E-state index in [2.05, 4.69) is 24.0 Å². The largest absolute Gasteiger partial charge is 0.375 e. The molecule has 2 amide bonds. The fraction of sp³-hybridized carbons (Fsp3) is 0.833. The van der Waals surface area contributed by atoms with Crippen LogP contribution in [-0.4, -0.2) is 70.1 Å². The highest BCUT2D eigenvalue weighted by molar-refractivity contribution is 5.77. The van der Waals surface area contributed by atoms with E-state index in [4.69, 9.17) is 9.26 Å². The third kappa shape index (κ3) is 5.50. The van der Waals surface area contributed by atoms with E-state index in [1.165, 1.54) is 0 Å². The summed E-state index contributed by atoms with van der Waals surface area (Å²) in [5.74, 6) is 3.06. The smallest absolute Gasteiger partial charge is 0.229 e. The van der Waals surface area contributed by atoms with Crippen LogP contribution < -0.4 is 0 Å². The molecule has 8 heteroatoms. The molecule has 0 aromatic carbocycles. The van der Waals surface area contributed by atoms with Gasteiger partial charge < -0.3 is 19.1 Å². The number of carbonyl (C=O) groups is 2. The number of aromatic nitrogens is 2. The molecule has 3 aliphatic heterocycles. The lowest BCUT2D eigenvalue weighted by molar-refractivity contribution is -0.148. The van der Waals surface area contributed by atoms with Crippen molar-refractivity contribution in [1.29, 1.82) is 0 Å². The van der Waals surface area contributed by atoms with Crippen molar-refractivity contribution in [3.63, 3.8) is 0 Å². The topological polar surface area (TPSA) is 88.8 Å². The van der Waals surface area contributed by atoms with Crippen molar-refractivity contribution < 1.29 is 18.8 Å². The zero-order chi connectivity index (χ0) is 22.7. The van der Waals surface area contributed by atoms with Crippen LogP contribution in [0, 0.1) is 11.8 Å². The molecule has 1 unspecified atom stereocenters. The van der Waals surface area contributed by atoms with Gasteiger partial charge in [0, 0.05) is 58.5 Å². The molecule has 1 spiro atoms. The number of hydrogen-bond donors (Lipinski definition) is 0. The third-order valence-corrected chi connectivity index (χ3v) is 7.59. The highest BCUT2D eigenvalue weighted by Crippen LogP contribution is 2.39. The maximum atomic E-state index is 12.9. The van der Waals surface area contributed by atoms with Gasteiger partial charge in [0.2, 0.25) is 17.7 Å². The Balaban J connectivity index is 1.24. The Kier molecular flexibility index (Phi) is 7.17. The van der Waals surface area contributed by atoms with Crippen LogP contribution in [0.4, 0.5) is 0 Å². The molecule has 1 aromatic heterocycles. The Bertz CT molecular complexity index is 792. The SMILES string of the molecule is CC(=O)N1CCC(CC(=O)N2CCC3(CC2)CC(Cc2noc(C(C)C)n2)CCO3)CC1. The second kappa shape index (κ2) is 9.89. The van der Waals surface area contributed by atoms with Gasteiger partial charge in [-0.1, -0.05) is 19.0 Å². The maximum absolute atomic E-state index is 12.9. The summed E-state index contributed by atoms with van der Waals surface area (Å²) in [4.78, 5) is 32.9. The first-order valence-corrected chi connectivity index (χ1v) is 12.3. The number of carbonyl (C=O) groups excluding carboxylic acids is 2. The minimum atomic E-state index is -0.114. The highest BCUT2D eigenvalue weighted by Gasteiger charge is 2.41. The molecule has 1 atom stereocenters. The summed E-state index contributed by atoms with van der Waals surface area (Å²) in [5, 5.41) is 4.17. The fourth-order valence-corrected chi connectivity index (χ4v) is 5.49. The number of likely N-dealkylation sites (tertiary alicyclic amines) is 2. The van der Waals surface area contributed by atoms with Crippen LogP contribution in [0.15, 0.2) is 4.52 Å². The van der Waals surface area contributed by atoms with Crippen molar-refractivity contribution in [3.05, 3.63) is 11.7 Å². The zero-order valence-corrected chi connectivity index (χ0v) is 19.8. The predicted octanol–water partition coefficient (Wildman–Crippen LogP) is 3.17. The summed E-state index contributed by atoms with van der Waals surface area (Å²) in [7, 11) is 0. The molecule has 0 aliphatic carbocycles. The molecule has 0 bridgehead atoms. The van der Waals surface area contributed by atoms with Gasteiger partial charge in [-0.25, -0.2) is 0 Å². The second-order valence-corrected chi connectivity index (χ2v) is 10.3. The molecule has 0 radical (unpaired) electrons. The van der Waals surface area contributed by atoms with Crippen LogP contribution in [0.25, 0.3) is 0 Å². The van der Waals surface area contributed by atoms with Crippen molar-refractivity contribution in [2.75, 3.05) is 32.8 Å². The first-order valence-electron chi connectivity index (χ1n) is 12.3. The van der Waals surface area contributed by atoms with Gasteiger partial charge in [-0.3, -0.25) is 9.59 Å². The van der Waals surface area contributed by atoms with E-state index in [-0.39, 0.29) is 23.3 Å². The number of nitrogens with zero attached hydrogens (tertiary/aromatic N) is 4. The quantitative estimate of drug-likeness (QED) is 0.690. The number of amides is 2. The minimum Gasteiger partial charge on any atom is -0.375 e. The Hall–Kier alpha value is -1.96. The van der Waals surface area contributed by atoms with Crippen LogP contribution in [0.1, 0.15) is 83.3 Å². The number of rotatable bonds is 5. The van der Waals surface area contributed by atoms with E-state index in [1.807, 2.05) is 9.80 Å². The summed E-state index contributed by atoms with van der Waals surface area (Å²) >= 11 is 0. The summed E-state index contributed by atoms with van der Waals surface area (Å²) in [5.41, 5.74) is -0.114. The van der Waals surface area contributed by atoms with Gasteiger partial charge in [0.15, 0.2) is 5.82 Å². The van der Waals surface area contributed by atoms with Gasteiger partial charge in [0.1, 0.15) is 0 Å². The second-order valence-electron chi connectivity index (χ2n) is 10.3. The Morgan fingerprint density at radius 3 is 2.41 bits per heavy atom. The van der Waals surface area contributed by atoms with E-state index in [0.29, 0.717) is 24.1 Å². The van der Waals surface area contributed by atoms with Crippen molar-refractivity contribution in [2.24, 2.45) is 11.8 Å². The zero-order valence-electron chi connectivity index (χ0n) is 19.8. The molecule has 4 rings (SSSR count). The molecule has 3 fully saturated rings. The van der Waals surface area contributed by atoms with E-state index < -0.39 is 0 Å². The van der Waals surface area contributed by atoms with Crippen LogP contribution in [-0.2, 0) is 20.7 Å². The molecule has 1 aromatic rings. The molecule has 3 saturated heterocycles. The van der Waals surface area contributed by atoms with Crippen LogP contribution in [0.3, 0.4) is 0 Å². The average Bonchev–Trinajstić information content (AvgIpc) is 3.23. The van der Waals surface area contributed by atoms with Gasteiger partial charge in [0.05, 0.1) is 5.60 Å². The molecule has 4 heterocycles. The fourth-order valence-electron chi connectivity index (χ4n) is 5.49. The molecule has 8 nitrogen and oxygen atoms in total. The molecule has 178 valence electrons. The first-order chi connectivity index (χ1) is 15.3. The van der Waals surface area contributed by atoms with Crippen molar-refractivity contribution in [3.8, 4) is 0 Å². The summed E-state index contributed by atoms with van der Waals surface area (Å²) in [6.45, 7) is 9.63. The molecule has 32 heavy (non-hydrogen) atoms. The summed E-state index contributed by atoms with van der Waals surface area (Å²) in [6, 6.07) is 0. The minimum absolute atomic E-state index is 0.114. The highest BCUT2D eigenvalue weighted by atomic mass is 16.5. The average molecular weight is 447 g/mol. The molecule has 3 aliphatic rings. The Labute approximate surface area is 191 Å². The number of hydrogen-bond acceptors (Lipinski definition) is 6. The standard InChI is InChI=1S/C24H38N4O4/c1-17(2)23-25-21(26-32-23)14-20-6-13-31-24(16-20)7-11-28(12-8-24)22(30)15-19-4-9-27(10-5-19)18(3)29/h17,19-20H,4-16H2,1-3H3. The van der Waals surface area contributed by atoms with Gasteiger partial charge >= 0.3 is 0 Å². The van der Waals surface area contributed by atoms with Gasteiger partial charge in [-0.2, -0.15) is 4.98 Å². The monoisotopic (exact) mass is 446 g/mol. The molecule has 0 saturated carbocycles. The molecule has 0 N–H and O–H groups in total. The normalized spacial score (nSPS) is 24.3. The molecular weight excluding hydrogens is 408 g/mol. The number of ether oxygens (including phenoxy) is 1. The lowest BCUT2D eigenvalue weighted by Gasteiger charge is -2.46. The van der Waals surface area contributed by atoms with Crippen LogP contribution in [0.5, 0.6) is 0 Å². The lowest BCUT2D eigenvalue weighted by Crippen LogP contribution is -2.51.